The molecule has 1 aliphatic rings. The van der Waals surface area contributed by atoms with Crippen LogP contribution in [0.1, 0.15) is 24.8 Å². The van der Waals surface area contributed by atoms with Crippen LogP contribution in [0.3, 0.4) is 0 Å². The molecule has 1 amide bonds. The van der Waals surface area contributed by atoms with Crippen LogP contribution in [0.15, 0.2) is 60.0 Å². The van der Waals surface area contributed by atoms with Crippen LogP contribution in [0.2, 0.25) is 5.02 Å². The van der Waals surface area contributed by atoms with Gasteiger partial charge in [-0.15, -0.1) is 13.2 Å². The topological polar surface area (TPSA) is 95.1 Å². The molecule has 2 aromatic rings. The van der Waals surface area contributed by atoms with Crippen LogP contribution in [0, 0.1) is 0 Å². The summed E-state index contributed by atoms with van der Waals surface area (Å²) in [5.74, 6) is 0.200. The lowest BCUT2D eigenvalue weighted by molar-refractivity contribution is -0.274. The zero-order chi connectivity index (χ0) is 26.8. The minimum absolute atomic E-state index is 0.0290. The highest BCUT2D eigenvalue weighted by atomic mass is 35.5. The monoisotopic (exact) mass is 542 g/mol. The third-order valence-electron chi connectivity index (χ3n) is 5.49. The number of ether oxygens (including phenoxy) is 2. The molecule has 0 radical (unpaired) electrons. The predicted molar refractivity (Wildman–Crippen MR) is 133 cm³/mol. The highest BCUT2D eigenvalue weighted by Crippen LogP contribution is 2.27. The molecule has 8 nitrogen and oxygen atoms in total. The Kier molecular flexibility index (Phi) is 10.2. The van der Waals surface area contributed by atoms with Crippen molar-refractivity contribution >= 4 is 17.5 Å². The molecule has 1 atom stereocenters. The largest absolute Gasteiger partial charge is 0.573 e. The van der Waals surface area contributed by atoms with Gasteiger partial charge in [0.25, 0.3) is 5.91 Å². The molecule has 0 saturated heterocycles. The number of aliphatic hydroxyl groups is 1. The second-order valence-electron chi connectivity index (χ2n) is 8.23. The Morgan fingerprint density at radius 2 is 1.89 bits per heavy atom. The van der Waals surface area contributed by atoms with E-state index in [1.165, 1.54) is 18.2 Å². The van der Waals surface area contributed by atoms with Crippen LogP contribution in [-0.2, 0) is 11.3 Å². The molecule has 12 heteroatoms. The molecule has 2 aromatic carbocycles. The summed E-state index contributed by atoms with van der Waals surface area (Å²) in [5.41, 5.74) is 1.39. The predicted octanol–water partition coefficient (Wildman–Crippen LogP) is 3.72. The Bertz CT molecular complexity index is 1070. The number of rotatable bonds is 13. The lowest BCUT2D eigenvalue weighted by Crippen LogP contribution is -2.41. The minimum Gasteiger partial charge on any atom is -0.493 e. The molecule has 0 saturated carbocycles. The minimum atomic E-state index is -4.78. The summed E-state index contributed by atoms with van der Waals surface area (Å²) in [6.45, 7) is 0.981. The number of halogens is 4. The fourth-order valence-electron chi connectivity index (χ4n) is 3.84. The first-order valence-corrected chi connectivity index (χ1v) is 12.2. The number of nitrogens with zero attached hydrogens (tertiary/aromatic N) is 1. The summed E-state index contributed by atoms with van der Waals surface area (Å²) in [6.07, 6.45) is -3.46. The van der Waals surface area contributed by atoms with Crippen molar-refractivity contribution in [2.75, 3.05) is 26.8 Å². The van der Waals surface area contributed by atoms with E-state index in [1.807, 2.05) is 17.0 Å². The van der Waals surface area contributed by atoms with E-state index in [0.29, 0.717) is 48.9 Å². The Balaban J connectivity index is 1.66. The highest BCUT2D eigenvalue weighted by molar-refractivity contribution is 6.30. The van der Waals surface area contributed by atoms with Gasteiger partial charge >= 0.3 is 6.36 Å². The smallest absolute Gasteiger partial charge is 0.493 e. The zero-order valence-electron chi connectivity index (χ0n) is 20.3. The molecular weight excluding hydrogens is 513 g/mol. The number of aliphatic hydroxyl groups excluding tert-OH is 1. The number of carbonyl (C=O) groups is 1. The third kappa shape index (κ3) is 8.64. The lowest BCUT2D eigenvalue weighted by atomic mass is 10.1. The van der Waals surface area contributed by atoms with Gasteiger partial charge < -0.3 is 35.4 Å². The lowest BCUT2D eigenvalue weighted by Gasteiger charge is -2.28. The van der Waals surface area contributed by atoms with Crippen molar-refractivity contribution in [3.8, 4) is 11.5 Å². The van der Waals surface area contributed by atoms with Crippen LogP contribution < -0.4 is 25.4 Å². The number of nitrogens with one attached hydrogen (secondary N) is 3. The van der Waals surface area contributed by atoms with Crippen molar-refractivity contribution in [2.24, 2.45) is 0 Å². The molecular formula is C25H30ClF3N4O4. The zero-order valence-corrected chi connectivity index (χ0v) is 21.0. The number of carbonyl (C=O) groups excluding carboxylic acids is 1. The van der Waals surface area contributed by atoms with E-state index in [1.54, 1.807) is 25.2 Å². The fraction of sp³-hybridized carbons (Fsp3) is 0.400. The van der Waals surface area contributed by atoms with Crippen LogP contribution in [0.4, 0.5) is 13.2 Å². The normalized spacial score (nSPS) is 15.4. The van der Waals surface area contributed by atoms with Crippen molar-refractivity contribution in [3.63, 3.8) is 0 Å². The number of amides is 1. The van der Waals surface area contributed by atoms with Gasteiger partial charge in [0.05, 0.1) is 6.61 Å². The van der Waals surface area contributed by atoms with Crippen molar-refractivity contribution in [3.05, 3.63) is 70.6 Å². The standard InChI is InChI=1S/C25H30ClF3N4O4/c1-30-23-22(24(35)31-12-4-13-34)33(16-17-8-10-18(26)11-9-17)21(32-23)7-3-14-36-19-5-2-6-20(15-19)37-25(27,28)29/h2,5-6,8-11,15,21,30,32,34H,3-4,7,12-14,16H2,1H3,(H,31,35). The fourth-order valence-corrected chi connectivity index (χ4v) is 3.97. The Morgan fingerprint density at radius 1 is 1.16 bits per heavy atom. The van der Waals surface area contributed by atoms with Gasteiger partial charge in [-0.2, -0.15) is 0 Å². The van der Waals surface area contributed by atoms with Crippen LogP contribution in [0.5, 0.6) is 11.5 Å². The van der Waals surface area contributed by atoms with Gasteiger partial charge in [0, 0.05) is 37.8 Å². The van der Waals surface area contributed by atoms with Crippen LogP contribution >= 0.6 is 11.6 Å². The first-order valence-electron chi connectivity index (χ1n) is 11.8. The molecule has 1 heterocycles. The summed E-state index contributed by atoms with van der Waals surface area (Å²) >= 11 is 6.02. The molecule has 0 bridgehead atoms. The third-order valence-corrected chi connectivity index (χ3v) is 5.74. The Morgan fingerprint density at radius 3 is 2.57 bits per heavy atom. The van der Waals surface area contributed by atoms with E-state index < -0.39 is 6.36 Å². The Hall–Kier alpha value is -3.31. The summed E-state index contributed by atoms with van der Waals surface area (Å²) in [7, 11) is 1.71. The molecule has 4 N–H and O–H groups in total. The van der Waals surface area contributed by atoms with Gasteiger partial charge in [0.1, 0.15) is 29.2 Å². The van der Waals surface area contributed by atoms with Crippen LogP contribution in [0.25, 0.3) is 0 Å². The quantitative estimate of drug-likeness (QED) is 0.287. The van der Waals surface area contributed by atoms with Crippen molar-refractivity contribution in [1.82, 2.24) is 20.9 Å². The number of alkyl halides is 3. The summed E-state index contributed by atoms with van der Waals surface area (Å²) in [4.78, 5) is 15.0. The number of hydrogen-bond donors (Lipinski definition) is 4. The van der Waals surface area contributed by atoms with Crippen molar-refractivity contribution in [1.29, 1.82) is 0 Å². The van der Waals surface area contributed by atoms with Gasteiger partial charge in [0.15, 0.2) is 0 Å². The SMILES string of the molecule is CNC1=C(C(=O)NCCCO)N(Cc2ccc(Cl)cc2)C(CCCOc2cccc(OC(F)(F)F)c2)N1. The van der Waals surface area contributed by atoms with Crippen LogP contribution in [-0.4, -0.2) is 55.2 Å². The summed E-state index contributed by atoms with van der Waals surface area (Å²) < 4.78 is 47.0. The molecule has 202 valence electrons. The second-order valence-corrected chi connectivity index (χ2v) is 8.67. The second kappa shape index (κ2) is 13.3. The van der Waals surface area contributed by atoms with Gasteiger partial charge in [-0.05, 0) is 49.1 Å². The molecule has 1 aliphatic heterocycles. The maximum atomic E-state index is 13.0. The summed E-state index contributed by atoms with van der Waals surface area (Å²) in [5, 5.41) is 18.9. The molecule has 3 rings (SSSR count). The Labute approximate surface area is 218 Å². The van der Waals surface area contributed by atoms with E-state index in [9.17, 15) is 18.0 Å². The molecule has 0 aliphatic carbocycles. The summed E-state index contributed by atoms with van der Waals surface area (Å²) in [6, 6.07) is 12.7. The average molecular weight is 543 g/mol. The number of hydrogen-bond acceptors (Lipinski definition) is 7. The van der Waals surface area contributed by atoms with E-state index in [4.69, 9.17) is 21.4 Å². The van der Waals surface area contributed by atoms with Gasteiger partial charge in [-0.3, -0.25) is 4.79 Å². The maximum absolute atomic E-state index is 13.0. The first-order chi connectivity index (χ1) is 17.7. The van der Waals surface area contributed by atoms with E-state index in [2.05, 4.69) is 20.7 Å². The van der Waals surface area contributed by atoms with Crippen molar-refractivity contribution < 1.29 is 32.5 Å². The van der Waals surface area contributed by atoms with Gasteiger partial charge in [-0.25, -0.2) is 0 Å². The van der Waals surface area contributed by atoms with Gasteiger partial charge in [-0.1, -0.05) is 29.8 Å². The van der Waals surface area contributed by atoms with Gasteiger partial charge in [0.2, 0.25) is 0 Å². The molecule has 0 spiro atoms. The first kappa shape index (κ1) is 28.3. The highest BCUT2D eigenvalue weighted by Gasteiger charge is 2.35. The molecule has 0 aromatic heterocycles. The maximum Gasteiger partial charge on any atom is 0.573 e. The number of benzene rings is 2. The average Bonchev–Trinajstić information content (AvgIpc) is 3.19. The molecule has 0 fully saturated rings. The van der Waals surface area contributed by atoms with Crippen molar-refractivity contribution in [2.45, 2.75) is 38.3 Å². The van der Waals surface area contributed by atoms with E-state index in [0.717, 1.165) is 5.56 Å². The molecule has 1 unspecified atom stereocenters. The molecule has 37 heavy (non-hydrogen) atoms. The van der Waals surface area contributed by atoms with E-state index >= 15 is 0 Å². The van der Waals surface area contributed by atoms with E-state index in [-0.39, 0.29) is 36.8 Å².